The van der Waals surface area contributed by atoms with Crippen molar-refractivity contribution in [2.45, 2.75) is 20.3 Å². The van der Waals surface area contributed by atoms with Gasteiger partial charge in [-0.3, -0.25) is 4.99 Å². The Labute approximate surface area is 68.0 Å². The Morgan fingerprint density at radius 3 is 2.45 bits per heavy atom. The highest BCUT2D eigenvalue weighted by atomic mass is 16.5. The largest absolute Gasteiger partial charge is 0.448 e. The zero-order valence-electron chi connectivity index (χ0n) is 7.42. The van der Waals surface area contributed by atoms with Crippen LogP contribution >= 0.6 is 0 Å². The molecule has 11 heavy (non-hydrogen) atoms. The van der Waals surface area contributed by atoms with E-state index in [-0.39, 0.29) is 0 Å². The van der Waals surface area contributed by atoms with Gasteiger partial charge in [0.05, 0.1) is 5.76 Å². The summed E-state index contributed by atoms with van der Waals surface area (Å²) in [6.07, 6.45) is 1.21. The molecule has 1 aliphatic rings. The second-order valence-corrected chi connectivity index (χ2v) is 3.19. The molecule has 0 aromatic carbocycles. The van der Waals surface area contributed by atoms with Crippen molar-refractivity contribution in [3.8, 4) is 0 Å². The molecule has 1 rings (SSSR count). The van der Waals surface area contributed by atoms with Crippen LogP contribution in [0.3, 0.4) is 0 Å². The Morgan fingerprint density at radius 1 is 1.64 bits per heavy atom. The second kappa shape index (κ2) is 3.07. The van der Waals surface area contributed by atoms with E-state index in [9.17, 15) is 0 Å². The molecule has 1 saturated carbocycles. The summed E-state index contributed by atoms with van der Waals surface area (Å²) in [5, 5.41) is 0. The van der Waals surface area contributed by atoms with Gasteiger partial charge in [0.2, 0.25) is 0 Å². The minimum atomic E-state index is 0.552. The van der Waals surface area contributed by atoms with Crippen molar-refractivity contribution in [2.75, 3.05) is 7.05 Å². The zero-order chi connectivity index (χ0) is 8.43. The number of hydrogen-bond acceptors (Lipinski definition) is 2. The smallest absolute Gasteiger partial charge is 0.192 e. The molecule has 2 heteroatoms. The zero-order valence-corrected chi connectivity index (χ0v) is 7.42. The number of ether oxygens (including phenoxy) is 1. The molecule has 0 bridgehead atoms. The van der Waals surface area contributed by atoms with Gasteiger partial charge in [-0.2, -0.15) is 0 Å². The Morgan fingerprint density at radius 2 is 2.18 bits per heavy atom. The fourth-order valence-electron chi connectivity index (χ4n) is 1.13. The maximum absolute atomic E-state index is 5.35. The van der Waals surface area contributed by atoms with Gasteiger partial charge in [-0.15, -0.1) is 0 Å². The summed E-state index contributed by atoms with van der Waals surface area (Å²) >= 11 is 0. The minimum Gasteiger partial charge on any atom is -0.448 e. The van der Waals surface area contributed by atoms with Gasteiger partial charge in [0.25, 0.3) is 0 Å². The standard InChI is InChI=1S/C9H15NO/c1-6(2)11-9(10-4)8-5-7(8)3/h7-8H,1,5H2,2-4H3/b10-9-. The molecule has 2 nitrogen and oxygen atoms in total. The third-order valence-electron chi connectivity index (χ3n) is 1.93. The van der Waals surface area contributed by atoms with Crippen LogP contribution in [0.25, 0.3) is 0 Å². The van der Waals surface area contributed by atoms with Crippen LogP contribution in [0.4, 0.5) is 0 Å². The van der Waals surface area contributed by atoms with Crippen LogP contribution < -0.4 is 0 Å². The van der Waals surface area contributed by atoms with Gasteiger partial charge in [-0.05, 0) is 19.3 Å². The third-order valence-corrected chi connectivity index (χ3v) is 1.93. The molecular formula is C9H15NO. The number of nitrogens with zero attached hydrogens (tertiary/aromatic N) is 1. The average Bonchev–Trinajstić information content (AvgIpc) is 2.61. The first-order valence-electron chi connectivity index (χ1n) is 3.95. The second-order valence-electron chi connectivity index (χ2n) is 3.19. The van der Waals surface area contributed by atoms with E-state index in [1.54, 1.807) is 7.05 Å². The lowest BCUT2D eigenvalue weighted by Gasteiger charge is -2.05. The number of hydrogen-bond donors (Lipinski definition) is 0. The van der Waals surface area contributed by atoms with E-state index in [4.69, 9.17) is 4.74 Å². The molecule has 0 heterocycles. The van der Waals surface area contributed by atoms with Crippen LogP contribution in [0, 0.1) is 11.8 Å². The van der Waals surface area contributed by atoms with Crippen LogP contribution in [-0.2, 0) is 4.74 Å². The highest BCUT2D eigenvalue weighted by molar-refractivity contribution is 5.82. The Bertz CT molecular complexity index is 196. The predicted octanol–water partition coefficient (Wildman–Crippen LogP) is 2.22. The van der Waals surface area contributed by atoms with E-state index >= 15 is 0 Å². The van der Waals surface area contributed by atoms with Crippen LogP contribution in [-0.4, -0.2) is 12.9 Å². The molecule has 0 N–H and O–H groups in total. The van der Waals surface area contributed by atoms with Gasteiger partial charge >= 0.3 is 0 Å². The maximum atomic E-state index is 5.35. The quantitative estimate of drug-likeness (QED) is 0.338. The van der Waals surface area contributed by atoms with Crippen molar-refractivity contribution < 1.29 is 4.74 Å². The normalized spacial score (nSPS) is 29.9. The van der Waals surface area contributed by atoms with E-state index in [0.29, 0.717) is 5.92 Å². The molecule has 0 aliphatic heterocycles. The SMILES string of the molecule is C=C(C)O/C(=N\C)C1CC1C. The fourth-order valence-corrected chi connectivity index (χ4v) is 1.13. The van der Waals surface area contributed by atoms with Crippen molar-refractivity contribution in [3.63, 3.8) is 0 Å². The van der Waals surface area contributed by atoms with Crippen LogP contribution in [0.15, 0.2) is 17.3 Å². The van der Waals surface area contributed by atoms with Gasteiger partial charge < -0.3 is 4.74 Å². The average molecular weight is 153 g/mol. The molecule has 1 aliphatic carbocycles. The predicted molar refractivity (Wildman–Crippen MR) is 46.5 cm³/mol. The van der Waals surface area contributed by atoms with E-state index in [2.05, 4.69) is 18.5 Å². The number of allylic oxidation sites excluding steroid dienone is 1. The first-order chi connectivity index (χ1) is 5.15. The summed E-state index contributed by atoms with van der Waals surface area (Å²) in [6, 6.07) is 0. The Hall–Kier alpha value is -0.790. The monoisotopic (exact) mass is 153 g/mol. The van der Waals surface area contributed by atoms with Gasteiger partial charge in [-0.25, -0.2) is 0 Å². The highest BCUT2D eigenvalue weighted by Crippen LogP contribution is 2.39. The molecule has 0 aromatic heterocycles. The van der Waals surface area contributed by atoms with Crippen molar-refractivity contribution in [2.24, 2.45) is 16.8 Å². The van der Waals surface area contributed by atoms with Gasteiger partial charge in [0, 0.05) is 13.0 Å². The van der Waals surface area contributed by atoms with E-state index < -0.39 is 0 Å². The van der Waals surface area contributed by atoms with Gasteiger partial charge in [-0.1, -0.05) is 13.5 Å². The lowest BCUT2D eigenvalue weighted by Crippen LogP contribution is -2.06. The van der Waals surface area contributed by atoms with Crippen LogP contribution in [0.2, 0.25) is 0 Å². The van der Waals surface area contributed by atoms with Gasteiger partial charge in [0.1, 0.15) is 0 Å². The van der Waals surface area contributed by atoms with E-state index in [1.807, 2.05) is 6.92 Å². The molecule has 2 atom stereocenters. The van der Waals surface area contributed by atoms with Crippen LogP contribution in [0.1, 0.15) is 20.3 Å². The van der Waals surface area contributed by atoms with E-state index in [1.165, 1.54) is 6.42 Å². The molecule has 0 spiro atoms. The maximum Gasteiger partial charge on any atom is 0.192 e. The summed E-state index contributed by atoms with van der Waals surface area (Å²) in [6.45, 7) is 7.73. The van der Waals surface area contributed by atoms with Crippen LogP contribution in [0.5, 0.6) is 0 Å². The van der Waals surface area contributed by atoms with Gasteiger partial charge in [0.15, 0.2) is 5.90 Å². The summed E-state index contributed by atoms with van der Waals surface area (Å²) in [4.78, 5) is 4.07. The lowest BCUT2D eigenvalue weighted by molar-refractivity contribution is 0.399. The summed E-state index contributed by atoms with van der Waals surface area (Å²) in [5.74, 6) is 2.87. The molecule has 1 fully saturated rings. The Balaban J connectivity index is 2.45. The molecule has 0 radical (unpaired) electrons. The minimum absolute atomic E-state index is 0.552. The summed E-state index contributed by atoms with van der Waals surface area (Å²) < 4.78 is 5.35. The lowest BCUT2D eigenvalue weighted by atomic mass is 10.3. The Kier molecular flexibility index (Phi) is 2.32. The topological polar surface area (TPSA) is 21.6 Å². The summed E-state index contributed by atoms with van der Waals surface area (Å²) in [5.41, 5.74) is 0. The molecule has 2 unspecified atom stereocenters. The third kappa shape index (κ3) is 2.07. The molecule has 0 aromatic rings. The molecular weight excluding hydrogens is 138 g/mol. The first kappa shape index (κ1) is 8.31. The first-order valence-corrected chi connectivity index (χ1v) is 3.95. The number of aliphatic imine (C=N–C) groups is 1. The van der Waals surface area contributed by atoms with E-state index in [0.717, 1.165) is 17.6 Å². The molecule has 62 valence electrons. The summed E-state index contributed by atoms with van der Waals surface area (Å²) in [7, 11) is 1.77. The van der Waals surface area contributed by atoms with Crippen molar-refractivity contribution in [3.05, 3.63) is 12.3 Å². The molecule has 0 amide bonds. The number of rotatable bonds is 2. The van der Waals surface area contributed by atoms with Crippen molar-refractivity contribution >= 4 is 5.90 Å². The van der Waals surface area contributed by atoms with Crippen molar-refractivity contribution in [1.82, 2.24) is 0 Å². The highest BCUT2D eigenvalue weighted by Gasteiger charge is 2.38. The fraction of sp³-hybridized carbons (Fsp3) is 0.667. The molecule has 0 saturated heterocycles. The van der Waals surface area contributed by atoms with Crippen molar-refractivity contribution in [1.29, 1.82) is 0 Å².